The lowest BCUT2D eigenvalue weighted by molar-refractivity contribution is 0.464. The summed E-state index contributed by atoms with van der Waals surface area (Å²) in [6.07, 6.45) is 3.51. The van der Waals surface area contributed by atoms with Crippen molar-refractivity contribution in [1.29, 1.82) is 0 Å². The minimum absolute atomic E-state index is 0.178. The third-order valence-electron chi connectivity index (χ3n) is 1.72. The number of sulfonamides is 1. The molecule has 0 N–H and O–H groups in total. The van der Waals surface area contributed by atoms with Crippen molar-refractivity contribution in [3.63, 3.8) is 0 Å². The van der Waals surface area contributed by atoms with Gasteiger partial charge in [-0.1, -0.05) is 6.08 Å². The Kier molecular flexibility index (Phi) is 5.17. The van der Waals surface area contributed by atoms with Gasteiger partial charge in [0.1, 0.15) is 0 Å². The highest BCUT2D eigenvalue weighted by Gasteiger charge is 2.13. The van der Waals surface area contributed by atoms with Crippen LogP contribution >= 0.6 is 0 Å². The van der Waals surface area contributed by atoms with E-state index in [0.717, 1.165) is 12.8 Å². The van der Waals surface area contributed by atoms with E-state index in [1.54, 1.807) is 20.0 Å². The van der Waals surface area contributed by atoms with Gasteiger partial charge in [-0.15, -0.1) is 6.58 Å². The maximum atomic E-state index is 11.2. The van der Waals surface area contributed by atoms with E-state index in [-0.39, 0.29) is 5.75 Å². The molecule has 0 aliphatic carbocycles. The molecular formula is C8H17NO2S. The molecule has 0 aliphatic heterocycles. The summed E-state index contributed by atoms with van der Waals surface area (Å²) in [5.74, 6) is 0.178. The van der Waals surface area contributed by atoms with Crippen molar-refractivity contribution >= 4 is 10.0 Å². The lowest BCUT2D eigenvalue weighted by Crippen LogP contribution is -2.29. The highest BCUT2D eigenvalue weighted by Crippen LogP contribution is 2.00. The smallest absolute Gasteiger partial charge is 0.212 e. The van der Waals surface area contributed by atoms with Gasteiger partial charge in [-0.3, -0.25) is 0 Å². The molecule has 0 aromatic rings. The predicted octanol–water partition coefficient (Wildman–Crippen LogP) is 1.23. The number of rotatable bonds is 6. The summed E-state index contributed by atoms with van der Waals surface area (Å²) in [6, 6.07) is 0. The molecule has 0 aliphatic rings. The van der Waals surface area contributed by atoms with Crippen molar-refractivity contribution in [2.75, 3.05) is 19.3 Å². The maximum Gasteiger partial charge on any atom is 0.213 e. The Hall–Kier alpha value is -0.350. The van der Waals surface area contributed by atoms with E-state index in [1.807, 2.05) is 0 Å². The standard InChI is InChI=1S/C8H17NO2S/c1-4-6-7-8-9(3)12(10,11)5-2/h4H,1,5-8H2,2-3H3. The molecule has 0 saturated heterocycles. The third kappa shape index (κ3) is 3.88. The molecule has 0 amide bonds. The van der Waals surface area contributed by atoms with E-state index in [1.165, 1.54) is 4.31 Å². The van der Waals surface area contributed by atoms with Crippen LogP contribution in [0.5, 0.6) is 0 Å². The van der Waals surface area contributed by atoms with Crippen LogP contribution in [0, 0.1) is 0 Å². The molecule has 4 heteroatoms. The van der Waals surface area contributed by atoms with Crippen LogP contribution in [0.1, 0.15) is 19.8 Å². The summed E-state index contributed by atoms with van der Waals surface area (Å²) in [7, 11) is -1.37. The van der Waals surface area contributed by atoms with Crippen LogP contribution in [0.3, 0.4) is 0 Å². The average Bonchev–Trinajstić information content (AvgIpc) is 2.05. The first kappa shape index (κ1) is 11.6. The van der Waals surface area contributed by atoms with E-state index in [0.29, 0.717) is 6.54 Å². The van der Waals surface area contributed by atoms with Gasteiger partial charge in [0.15, 0.2) is 0 Å². The van der Waals surface area contributed by atoms with E-state index in [2.05, 4.69) is 6.58 Å². The Morgan fingerprint density at radius 1 is 1.50 bits per heavy atom. The molecule has 3 nitrogen and oxygen atoms in total. The fourth-order valence-corrected chi connectivity index (χ4v) is 1.67. The van der Waals surface area contributed by atoms with E-state index < -0.39 is 10.0 Å². The van der Waals surface area contributed by atoms with Gasteiger partial charge < -0.3 is 0 Å². The fourth-order valence-electron chi connectivity index (χ4n) is 0.818. The summed E-state index contributed by atoms with van der Waals surface area (Å²) in [4.78, 5) is 0. The van der Waals surface area contributed by atoms with E-state index in [4.69, 9.17) is 0 Å². The number of nitrogens with zero attached hydrogens (tertiary/aromatic N) is 1. The summed E-state index contributed by atoms with van der Waals surface area (Å²) in [6.45, 7) is 5.81. The van der Waals surface area contributed by atoms with Gasteiger partial charge in [0, 0.05) is 13.6 Å². The molecule has 0 aromatic carbocycles. The van der Waals surface area contributed by atoms with Crippen molar-refractivity contribution in [2.45, 2.75) is 19.8 Å². The highest BCUT2D eigenvalue weighted by atomic mass is 32.2. The zero-order valence-electron chi connectivity index (χ0n) is 7.78. The second kappa shape index (κ2) is 5.32. The van der Waals surface area contributed by atoms with E-state index in [9.17, 15) is 8.42 Å². The molecule has 12 heavy (non-hydrogen) atoms. The number of hydrogen-bond donors (Lipinski definition) is 0. The molecule has 0 heterocycles. The van der Waals surface area contributed by atoms with Crippen molar-refractivity contribution < 1.29 is 8.42 Å². The first-order valence-electron chi connectivity index (χ1n) is 4.09. The Morgan fingerprint density at radius 3 is 2.50 bits per heavy atom. The molecule has 0 saturated carbocycles. The van der Waals surface area contributed by atoms with Crippen LogP contribution < -0.4 is 0 Å². The monoisotopic (exact) mass is 191 g/mol. The topological polar surface area (TPSA) is 37.4 Å². The first-order chi connectivity index (χ1) is 5.54. The number of unbranched alkanes of at least 4 members (excludes halogenated alkanes) is 1. The molecule has 0 unspecified atom stereocenters. The average molecular weight is 191 g/mol. The quantitative estimate of drug-likeness (QED) is 0.468. The Labute approximate surface area is 75.1 Å². The molecule has 0 atom stereocenters. The van der Waals surface area contributed by atoms with Crippen LogP contribution in [0.4, 0.5) is 0 Å². The maximum absolute atomic E-state index is 11.2. The summed E-state index contributed by atoms with van der Waals surface area (Å²) in [5.41, 5.74) is 0. The third-order valence-corrected chi connectivity index (χ3v) is 3.58. The lowest BCUT2D eigenvalue weighted by Gasteiger charge is -2.14. The van der Waals surface area contributed by atoms with Crippen molar-refractivity contribution in [3.8, 4) is 0 Å². The predicted molar refractivity (Wildman–Crippen MR) is 51.5 cm³/mol. The van der Waals surface area contributed by atoms with Gasteiger partial charge in [0.2, 0.25) is 10.0 Å². The van der Waals surface area contributed by atoms with Crippen LogP contribution in [0.2, 0.25) is 0 Å². The SMILES string of the molecule is C=CCCCN(C)S(=O)(=O)CC. The van der Waals surface area contributed by atoms with Gasteiger partial charge in [-0.05, 0) is 19.8 Å². The van der Waals surface area contributed by atoms with Crippen LogP contribution in [0.15, 0.2) is 12.7 Å². The van der Waals surface area contributed by atoms with E-state index >= 15 is 0 Å². The zero-order chi connectivity index (χ0) is 9.61. The van der Waals surface area contributed by atoms with Gasteiger partial charge in [0.25, 0.3) is 0 Å². The summed E-state index contributed by atoms with van der Waals surface area (Å²) < 4.78 is 23.8. The molecule has 0 aromatic heterocycles. The Bertz CT molecular complexity index is 221. The van der Waals surface area contributed by atoms with Crippen molar-refractivity contribution in [1.82, 2.24) is 4.31 Å². The van der Waals surface area contributed by atoms with Crippen LogP contribution in [-0.2, 0) is 10.0 Å². The normalized spacial score (nSPS) is 11.9. The van der Waals surface area contributed by atoms with Gasteiger partial charge in [-0.2, -0.15) is 0 Å². The Balaban J connectivity index is 3.87. The van der Waals surface area contributed by atoms with Gasteiger partial charge in [-0.25, -0.2) is 12.7 Å². The largest absolute Gasteiger partial charge is 0.213 e. The van der Waals surface area contributed by atoms with Crippen LogP contribution in [0.25, 0.3) is 0 Å². The number of hydrogen-bond acceptors (Lipinski definition) is 2. The first-order valence-corrected chi connectivity index (χ1v) is 5.70. The van der Waals surface area contributed by atoms with Gasteiger partial charge >= 0.3 is 0 Å². The second-order valence-electron chi connectivity index (χ2n) is 2.65. The minimum Gasteiger partial charge on any atom is -0.212 e. The van der Waals surface area contributed by atoms with Crippen molar-refractivity contribution in [2.24, 2.45) is 0 Å². The fraction of sp³-hybridized carbons (Fsp3) is 0.750. The zero-order valence-corrected chi connectivity index (χ0v) is 8.60. The van der Waals surface area contributed by atoms with Crippen LogP contribution in [-0.4, -0.2) is 32.1 Å². The minimum atomic E-state index is -2.98. The van der Waals surface area contributed by atoms with Crippen molar-refractivity contribution in [3.05, 3.63) is 12.7 Å². The lowest BCUT2D eigenvalue weighted by atomic mass is 10.3. The summed E-state index contributed by atoms with van der Waals surface area (Å²) >= 11 is 0. The molecular weight excluding hydrogens is 174 g/mol. The molecule has 0 radical (unpaired) electrons. The molecule has 0 fully saturated rings. The highest BCUT2D eigenvalue weighted by molar-refractivity contribution is 7.89. The van der Waals surface area contributed by atoms with Gasteiger partial charge in [0.05, 0.1) is 5.75 Å². The Morgan fingerprint density at radius 2 is 2.08 bits per heavy atom. The second-order valence-corrected chi connectivity index (χ2v) is 5.02. The number of allylic oxidation sites excluding steroid dienone is 1. The molecule has 0 bridgehead atoms. The molecule has 72 valence electrons. The molecule has 0 spiro atoms. The molecule has 0 rings (SSSR count). The summed E-state index contributed by atoms with van der Waals surface area (Å²) in [5, 5.41) is 0.